The van der Waals surface area contributed by atoms with Crippen molar-refractivity contribution in [2.45, 2.75) is 26.2 Å². The fraction of sp³-hybridized carbons (Fsp3) is 0.160. The third-order valence-corrected chi connectivity index (χ3v) is 4.90. The predicted molar refractivity (Wildman–Crippen MR) is 125 cm³/mol. The van der Waals surface area contributed by atoms with E-state index in [0.29, 0.717) is 21.9 Å². The molecule has 0 aromatic heterocycles. The van der Waals surface area contributed by atoms with Crippen LogP contribution < -0.4 is 10.2 Å². The molecule has 0 heterocycles. The van der Waals surface area contributed by atoms with Gasteiger partial charge in [0.15, 0.2) is 0 Å². The maximum atomic E-state index is 12.4. The van der Waals surface area contributed by atoms with Gasteiger partial charge in [-0.25, -0.2) is 10.2 Å². The van der Waals surface area contributed by atoms with Crippen molar-refractivity contribution >= 4 is 29.7 Å². The van der Waals surface area contributed by atoms with Gasteiger partial charge in [0.05, 0.1) is 17.3 Å². The molecule has 2 N–H and O–H groups in total. The molecule has 0 fully saturated rings. The van der Waals surface area contributed by atoms with Crippen LogP contribution in [0.5, 0.6) is 11.5 Å². The second-order valence-electron chi connectivity index (χ2n) is 8.15. The molecule has 0 atom stereocenters. The topological polar surface area (TPSA) is 88.0 Å². The molecule has 3 rings (SSSR count). The summed E-state index contributed by atoms with van der Waals surface area (Å²) in [6.07, 6.45) is 1.43. The van der Waals surface area contributed by atoms with E-state index >= 15 is 0 Å². The molecule has 32 heavy (non-hydrogen) atoms. The summed E-state index contributed by atoms with van der Waals surface area (Å²) in [6, 6.07) is 18.2. The number of esters is 1. The van der Waals surface area contributed by atoms with Crippen molar-refractivity contribution in [1.29, 1.82) is 0 Å². The Balaban J connectivity index is 1.58. The molecule has 0 aliphatic heterocycles. The lowest BCUT2D eigenvalue weighted by Crippen LogP contribution is -2.17. The molecule has 0 aliphatic rings. The van der Waals surface area contributed by atoms with Gasteiger partial charge < -0.3 is 9.84 Å². The highest BCUT2D eigenvalue weighted by Gasteiger charge is 2.15. The van der Waals surface area contributed by atoms with E-state index in [4.69, 9.17) is 16.3 Å². The number of rotatable bonds is 5. The SMILES string of the molecule is CC(C)(C)c1ccc(C(=O)Oc2ccc(C=NNC(=O)c3cc(Cl)ccc3O)cc2)cc1. The van der Waals surface area contributed by atoms with Gasteiger partial charge in [-0.2, -0.15) is 5.10 Å². The molecule has 0 spiro atoms. The molecule has 3 aromatic rings. The number of carbonyl (C=O) groups excluding carboxylic acids is 2. The first-order valence-corrected chi connectivity index (χ1v) is 10.3. The summed E-state index contributed by atoms with van der Waals surface area (Å²) in [6.45, 7) is 6.33. The van der Waals surface area contributed by atoms with Crippen LogP contribution in [0, 0.1) is 0 Å². The Morgan fingerprint density at radius 3 is 2.28 bits per heavy atom. The van der Waals surface area contributed by atoms with Crippen LogP contribution in [0.1, 0.15) is 52.6 Å². The molecule has 6 nitrogen and oxygen atoms in total. The zero-order chi connectivity index (χ0) is 23.3. The Labute approximate surface area is 191 Å². The van der Waals surface area contributed by atoms with Gasteiger partial charge in [0.25, 0.3) is 5.91 Å². The summed E-state index contributed by atoms with van der Waals surface area (Å²) < 4.78 is 5.41. The third kappa shape index (κ3) is 5.95. The van der Waals surface area contributed by atoms with Gasteiger partial charge in [-0.15, -0.1) is 0 Å². The lowest BCUT2D eigenvalue weighted by atomic mass is 9.87. The van der Waals surface area contributed by atoms with E-state index in [0.717, 1.165) is 5.56 Å². The van der Waals surface area contributed by atoms with Crippen molar-refractivity contribution in [3.8, 4) is 11.5 Å². The number of aromatic hydroxyl groups is 1. The van der Waals surface area contributed by atoms with Gasteiger partial charge in [0.1, 0.15) is 11.5 Å². The number of nitrogens with one attached hydrogen (secondary N) is 1. The molecule has 0 aliphatic carbocycles. The Hall–Kier alpha value is -3.64. The minimum absolute atomic E-state index is 0.00776. The van der Waals surface area contributed by atoms with E-state index in [1.807, 2.05) is 12.1 Å². The van der Waals surface area contributed by atoms with E-state index in [9.17, 15) is 14.7 Å². The number of amides is 1. The Bertz CT molecular complexity index is 1150. The maximum Gasteiger partial charge on any atom is 0.343 e. The largest absolute Gasteiger partial charge is 0.507 e. The minimum atomic E-state index is -0.593. The fourth-order valence-corrected chi connectivity index (χ4v) is 2.98. The van der Waals surface area contributed by atoms with Crippen LogP contribution in [0.25, 0.3) is 0 Å². The van der Waals surface area contributed by atoms with Crippen LogP contribution in [0.15, 0.2) is 71.8 Å². The fourth-order valence-electron chi connectivity index (χ4n) is 2.81. The first kappa shape index (κ1) is 23.0. The molecule has 0 saturated carbocycles. The van der Waals surface area contributed by atoms with Crippen molar-refractivity contribution in [2.75, 3.05) is 0 Å². The second-order valence-corrected chi connectivity index (χ2v) is 8.58. The number of hydrogen-bond donors (Lipinski definition) is 2. The van der Waals surface area contributed by atoms with Crippen LogP contribution in [0.2, 0.25) is 5.02 Å². The molecule has 164 valence electrons. The van der Waals surface area contributed by atoms with Gasteiger partial charge in [0, 0.05) is 5.02 Å². The average Bonchev–Trinajstić information content (AvgIpc) is 2.76. The van der Waals surface area contributed by atoms with Crippen molar-refractivity contribution < 1.29 is 19.4 Å². The van der Waals surface area contributed by atoms with Crippen molar-refractivity contribution in [3.05, 3.63) is 94.0 Å². The highest BCUT2D eigenvalue weighted by atomic mass is 35.5. The first-order valence-electron chi connectivity index (χ1n) is 9.88. The molecule has 0 unspecified atom stereocenters. The number of phenolic OH excluding ortho intramolecular Hbond substituents is 1. The van der Waals surface area contributed by atoms with Crippen molar-refractivity contribution in [3.63, 3.8) is 0 Å². The monoisotopic (exact) mass is 450 g/mol. The quantitative estimate of drug-likeness (QED) is 0.238. The standard InChI is InChI=1S/C25H23ClN2O4/c1-25(2,3)18-8-6-17(7-9-18)24(31)32-20-11-4-16(5-12-20)15-27-28-23(30)21-14-19(26)10-13-22(21)29/h4-15,29H,1-3H3,(H,28,30). The molecular formula is C25H23ClN2O4. The van der Waals surface area contributed by atoms with Crippen LogP contribution in [0.3, 0.4) is 0 Å². The first-order chi connectivity index (χ1) is 15.1. The predicted octanol–water partition coefficient (Wildman–Crippen LogP) is 5.33. The van der Waals surface area contributed by atoms with E-state index in [-0.39, 0.29) is 16.7 Å². The molecule has 1 amide bonds. The normalized spacial score (nSPS) is 11.4. The maximum absolute atomic E-state index is 12.4. The average molecular weight is 451 g/mol. The molecule has 0 bridgehead atoms. The van der Waals surface area contributed by atoms with Gasteiger partial charge in [-0.3, -0.25) is 4.79 Å². The number of halogens is 1. The summed E-state index contributed by atoms with van der Waals surface area (Å²) in [5.41, 5.74) is 4.63. The summed E-state index contributed by atoms with van der Waals surface area (Å²) in [7, 11) is 0. The smallest absolute Gasteiger partial charge is 0.343 e. The number of hydrazone groups is 1. The lowest BCUT2D eigenvalue weighted by Gasteiger charge is -2.18. The molecule has 3 aromatic carbocycles. The number of benzene rings is 3. The molecular weight excluding hydrogens is 428 g/mol. The minimum Gasteiger partial charge on any atom is -0.507 e. The van der Waals surface area contributed by atoms with Crippen LogP contribution in [-0.4, -0.2) is 23.2 Å². The summed E-state index contributed by atoms with van der Waals surface area (Å²) in [5.74, 6) is -0.842. The highest BCUT2D eigenvalue weighted by molar-refractivity contribution is 6.31. The van der Waals surface area contributed by atoms with E-state index < -0.39 is 11.9 Å². The number of hydrogen-bond acceptors (Lipinski definition) is 5. The highest BCUT2D eigenvalue weighted by Crippen LogP contribution is 2.23. The second kappa shape index (κ2) is 9.66. The van der Waals surface area contributed by atoms with Crippen LogP contribution in [0.4, 0.5) is 0 Å². The van der Waals surface area contributed by atoms with E-state index in [2.05, 4.69) is 31.3 Å². The number of carbonyl (C=O) groups is 2. The third-order valence-electron chi connectivity index (χ3n) is 4.66. The zero-order valence-corrected chi connectivity index (χ0v) is 18.7. The van der Waals surface area contributed by atoms with Crippen LogP contribution in [-0.2, 0) is 5.41 Å². The lowest BCUT2D eigenvalue weighted by molar-refractivity contribution is 0.0734. The van der Waals surface area contributed by atoms with E-state index in [1.54, 1.807) is 36.4 Å². The van der Waals surface area contributed by atoms with Gasteiger partial charge >= 0.3 is 5.97 Å². The summed E-state index contributed by atoms with van der Waals surface area (Å²) in [4.78, 5) is 24.5. The number of phenols is 1. The van der Waals surface area contributed by atoms with Crippen molar-refractivity contribution in [2.24, 2.45) is 5.10 Å². The van der Waals surface area contributed by atoms with Gasteiger partial charge in [-0.1, -0.05) is 44.5 Å². The van der Waals surface area contributed by atoms with Crippen molar-refractivity contribution in [1.82, 2.24) is 5.43 Å². The van der Waals surface area contributed by atoms with Gasteiger partial charge in [-0.05, 0) is 71.1 Å². The molecule has 7 heteroatoms. The Morgan fingerprint density at radius 2 is 1.66 bits per heavy atom. The van der Waals surface area contributed by atoms with Crippen LogP contribution >= 0.6 is 11.6 Å². The Kier molecular flexibility index (Phi) is 6.95. The van der Waals surface area contributed by atoms with Gasteiger partial charge in [0.2, 0.25) is 0 Å². The summed E-state index contributed by atoms with van der Waals surface area (Å²) in [5, 5.41) is 13.9. The number of nitrogens with zero attached hydrogens (tertiary/aromatic N) is 1. The molecule has 0 radical (unpaired) electrons. The summed E-state index contributed by atoms with van der Waals surface area (Å²) >= 11 is 5.84. The Morgan fingerprint density at radius 1 is 1.00 bits per heavy atom. The zero-order valence-electron chi connectivity index (χ0n) is 17.9. The number of ether oxygens (including phenoxy) is 1. The molecule has 0 saturated heterocycles. The van der Waals surface area contributed by atoms with E-state index in [1.165, 1.54) is 24.4 Å².